The summed E-state index contributed by atoms with van der Waals surface area (Å²) in [6.45, 7) is 9.35. The minimum atomic E-state index is -0.0478. The van der Waals surface area contributed by atoms with Crippen LogP contribution >= 0.6 is 0 Å². The second-order valence-corrected chi connectivity index (χ2v) is 15.5. The molecule has 0 heterocycles. The zero-order chi connectivity index (χ0) is 37.1. The molecule has 4 heteroatoms. The maximum absolute atomic E-state index is 9.99. The van der Waals surface area contributed by atoms with Gasteiger partial charge < -0.3 is 9.80 Å². The number of anilines is 6. The third-order valence-corrected chi connectivity index (χ3v) is 11.4. The number of hydrogen-bond acceptors (Lipinski definition) is 4. The molecule has 0 aromatic heterocycles. The van der Waals surface area contributed by atoms with Gasteiger partial charge in [-0.25, -0.2) is 0 Å². The minimum absolute atomic E-state index is 0.0478. The SMILES string of the molecule is CC(C)c1cc(N(c2ccccc2)c2cccc(C#N)c2)c2cc3c4c(cc(N(c5ccccc5)c5cccc(C#N)c5)c5ccc1c2c54)CCC3(C)C. The first-order valence-electron chi connectivity index (χ1n) is 18.8. The van der Waals surface area contributed by atoms with Gasteiger partial charge in [0.15, 0.2) is 0 Å². The highest BCUT2D eigenvalue weighted by Crippen LogP contribution is 2.54. The lowest BCUT2D eigenvalue weighted by Gasteiger charge is -2.37. The van der Waals surface area contributed by atoms with E-state index in [0.29, 0.717) is 11.1 Å². The van der Waals surface area contributed by atoms with Crippen molar-refractivity contribution in [3.8, 4) is 12.1 Å². The molecule has 9 rings (SSSR count). The molecule has 0 unspecified atom stereocenters. The zero-order valence-electron chi connectivity index (χ0n) is 31.1. The van der Waals surface area contributed by atoms with E-state index in [0.717, 1.165) is 47.0 Å². The fourth-order valence-electron chi connectivity index (χ4n) is 8.77. The van der Waals surface area contributed by atoms with Crippen LogP contribution in [0.3, 0.4) is 0 Å². The normalized spacial score (nSPS) is 13.3. The Morgan fingerprint density at radius 3 is 1.63 bits per heavy atom. The summed E-state index contributed by atoms with van der Waals surface area (Å²) in [4.78, 5) is 4.67. The first kappa shape index (κ1) is 33.2. The number of benzene rings is 8. The second-order valence-electron chi connectivity index (χ2n) is 15.5. The van der Waals surface area contributed by atoms with Crippen LogP contribution < -0.4 is 9.80 Å². The van der Waals surface area contributed by atoms with Crippen LogP contribution in [0.2, 0.25) is 0 Å². The topological polar surface area (TPSA) is 54.1 Å². The van der Waals surface area contributed by atoms with E-state index < -0.39 is 0 Å². The van der Waals surface area contributed by atoms with Crippen LogP contribution in [-0.2, 0) is 11.8 Å². The molecule has 1 aliphatic rings. The molecule has 1 aliphatic carbocycles. The molecule has 0 spiro atoms. The van der Waals surface area contributed by atoms with Crippen molar-refractivity contribution in [2.24, 2.45) is 0 Å². The van der Waals surface area contributed by atoms with Gasteiger partial charge in [-0.05, 0) is 136 Å². The smallest absolute Gasteiger partial charge is 0.0992 e. The van der Waals surface area contributed by atoms with Crippen molar-refractivity contribution >= 4 is 66.4 Å². The van der Waals surface area contributed by atoms with E-state index in [-0.39, 0.29) is 11.3 Å². The van der Waals surface area contributed by atoms with Gasteiger partial charge in [-0.15, -0.1) is 0 Å². The molecule has 8 aromatic rings. The second kappa shape index (κ2) is 12.8. The Balaban J connectivity index is 1.46. The zero-order valence-corrected chi connectivity index (χ0v) is 31.1. The first-order chi connectivity index (χ1) is 26.3. The molecule has 4 nitrogen and oxygen atoms in total. The van der Waals surface area contributed by atoms with Crippen LogP contribution in [0, 0.1) is 22.7 Å². The lowest BCUT2D eigenvalue weighted by molar-refractivity contribution is 0.475. The van der Waals surface area contributed by atoms with Crippen molar-refractivity contribution in [3.05, 3.63) is 167 Å². The molecule has 54 heavy (non-hydrogen) atoms. The third-order valence-electron chi connectivity index (χ3n) is 11.4. The summed E-state index contributed by atoms with van der Waals surface area (Å²) < 4.78 is 0. The lowest BCUT2D eigenvalue weighted by atomic mass is 9.70. The summed E-state index contributed by atoms with van der Waals surface area (Å²) >= 11 is 0. The van der Waals surface area contributed by atoms with Crippen molar-refractivity contribution in [3.63, 3.8) is 0 Å². The Hall–Kier alpha value is -6.62. The summed E-state index contributed by atoms with van der Waals surface area (Å²) in [6.07, 6.45) is 2.01. The molecule has 0 saturated heterocycles. The van der Waals surface area contributed by atoms with Crippen LogP contribution in [0.15, 0.2) is 140 Å². The molecule has 0 saturated carbocycles. The van der Waals surface area contributed by atoms with E-state index in [2.05, 4.69) is 153 Å². The number of nitriles is 2. The quantitative estimate of drug-likeness (QED) is 0.156. The monoisotopic (exact) mass is 696 g/mol. The van der Waals surface area contributed by atoms with Gasteiger partial charge in [0.1, 0.15) is 0 Å². The number of nitrogens with zero attached hydrogens (tertiary/aromatic N) is 4. The largest absolute Gasteiger partial charge is 0.310 e. The minimum Gasteiger partial charge on any atom is -0.310 e. The van der Waals surface area contributed by atoms with Gasteiger partial charge in [-0.3, -0.25) is 0 Å². The van der Waals surface area contributed by atoms with E-state index in [1.807, 2.05) is 36.4 Å². The van der Waals surface area contributed by atoms with Gasteiger partial charge in [0.05, 0.1) is 34.6 Å². The average molecular weight is 697 g/mol. The highest BCUT2D eigenvalue weighted by Gasteiger charge is 2.34. The maximum Gasteiger partial charge on any atom is 0.0992 e. The fraction of sp³-hybridized carbons (Fsp3) is 0.160. The van der Waals surface area contributed by atoms with Crippen LogP contribution in [0.25, 0.3) is 32.3 Å². The Morgan fingerprint density at radius 2 is 1.07 bits per heavy atom. The van der Waals surface area contributed by atoms with E-state index >= 15 is 0 Å². The van der Waals surface area contributed by atoms with Gasteiger partial charge in [-0.1, -0.05) is 88.4 Å². The van der Waals surface area contributed by atoms with Crippen LogP contribution in [-0.4, -0.2) is 0 Å². The van der Waals surface area contributed by atoms with Gasteiger partial charge in [0, 0.05) is 38.9 Å². The van der Waals surface area contributed by atoms with Crippen molar-refractivity contribution in [2.45, 2.75) is 51.9 Å². The van der Waals surface area contributed by atoms with Crippen molar-refractivity contribution in [1.29, 1.82) is 10.5 Å². The van der Waals surface area contributed by atoms with Gasteiger partial charge >= 0.3 is 0 Å². The van der Waals surface area contributed by atoms with E-state index in [9.17, 15) is 10.5 Å². The highest BCUT2D eigenvalue weighted by molar-refractivity contribution is 6.30. The Bertz CT molecular complexity index is 2800. The molecule has 0 amide bonds. The van der Waals surface area contributed by atoms with Crippen LogP contribution in [0.4, 0.5) is 34.1 Å². The number of rotatable bonds is 7. The molecule has 8 aromatic carbocycles. The van der Waals surface area contributed by atoms with E-state index in [4.69, 9.17) is 0 Å². The molecular weight excluding hydrogens is 657 g/mol. The molecule has 0 aliphatic heterocycles. The molecule has 0 fully saturated rings. The third kappa shape index (κ3) is 5.26. The summed E-state index contributed by atoms with van der Waals surface area (Å²) in [5.74, 6) is 0.258. The van der Waals surface area contributed by atoms with E-state index in [1.165, 1.54) is 49.0 Å². The van der Waals surface area contributed by atoms with Crippen molar-refractivity contribution in [1.82, 2.24) is 0 Å². The Labute approximate surface area is 317 Å². The standard InChI is InChI=1S/C50H40N4/c1-32(2)42-29-46(54(37-17-9-6-10-18-37)39-20-12-14-34(26-39)31-52)43-28-44-47-35(23-24-50(44,3)4)27-45(41-22-21-40(42)48(43)49(41)47)53(36-15-7-5-8-16-36)38-19-11-13-33(25-38)30-51/h5-22,25-29,32H,23-24H2,1-4H3. The molecule has 0 radical (unpaired) electrons. The van der Waals surface area contributed by atoms with Crippen LogP contribution in [0.1, 0.15) is 67.9 Å². The summed E-state index contributed by atoms with van der Waals surface area (Å²) in [5, 5.41) is 27.5. The molecule has 0 atom stereocenters. The number of hydrogen-bond donors (Lipinski definition) is 0. The first-order valence-corrected chi connectivity index (χ1v) is 18.8. The van der Waals surface area contributed by atoms with Gasteiger partial charge in [-0.2, -0.15) is 10.5 Å². The highest BCUT2D eigenvalue weighted by atomic mass is 15.1. The molecular formula is C50H40N4. The van der Waals surface area contributed by atoms with Crippen molar-refractivity contribution in [2.75, 3.05) is 9.80 Å². The Morgan fingerprint density at radius 1 is 0.537 bits per heavy atom. The maximum atomic E-state index is 9.99. The van der Waals surface area contributed by atoms with Gasteiger partial charge in [0.2, 0.25) is 0 Å². The van der Waals surface area contributed by atoms with E-state index in [1.54, 1.807) is 0 Å². The molecule has 0 bridgehead atoms. The van der Waals surface area contributed by atoms with Gasteiger partial charge in [0.25, 0.3) is 0 Å². The summed E-state index contributed by atoms with van der Waals surface area (Å²) in [5.41, 5.74) is 11.4. The lowest BCUT2D eigenvalue weighted by Crippen LogP contribution is -2.24. The fourth-order valence-corrected chi connectivity index (χ4v) is 8.77. The van der Waals surface area contributed by atoms with Crippen molar-refractivity contribution < 1.29 is 0 Å². The molecule has 260 valence electrons. The average Bonchev–Trinajstić information content (AvgIpc) is 3.20. The van der Waals surface area contributed by atoms with Crippen LogP contribution in [0.5, 0.6) is 0 Å². The number of aryl methyl sites for hydroxylation is 1. The molecule has 0 N–H and O–H groups in total. The Kier molecular flexibility index (Phi) is 7.88. The summed E-state index contributed by atoms with van der Waals surface area (Å²) in [7, 11) is 0. The predicted molar refractivity (Wildman–Crippen MR) is 224 cm³/mol. The number of para-hydroxylation sites is 2. The summed E-state index contributed by atoms with van der Waals surface area (Å²) in [6, 6.07) is 53.7. The predicted octanol–water partition coefficient (Wildman–Crippen LogP) is 13.6.